The molecule has 0 fully saturated rings. The highest BCUT2D eigenvalue weighted by atomic mass is 16.1. The molecule has 0 spiro atoms. The van der Waals surface area contributed by atoms with Crippen molar-refractivity contribution in [2.75, 3.05) is 0 Å². The Labute approximate surface area is 94.7 Å². The number of benzene rings is 2. The van der Waals surface area contributed by atoms with Gasteiger partial charge in [-0.1, -0.05) is 30.3 Å². The fourth-order valence-corrected chi connectivity index (χ4v) is 2.29. The van der Waals surface area contributed by atoms with E-state index in [-0.39, 0.29) is 5.78 Å². The molecule has 2 aromatic carbocycles. The van der Waals surface area contributed by atoms with E-state index in [0.717, 1.165) is 22.3 Å². The fourth-order valence-electron chi connectivity index (χ4n) is 2.29. The third kappa shape index (κ3) is 1.09. The maximum absolute atomic E-state index is 12.2. The molecule has 0 N–H and O–H groups in total. The van der Waals surface area contributed by atoms with E-state index in [1.54, 1.807) is 0 Å². The van der Waals surface area contributed by atoms with Gasteiger partial charge in [-0.25, -0.2) is 0 Å². The molecule has 1 heteroatoms. The SMILES string of the molecule is Cc1cc2c(cc1C)-c1ccccc1C2=O. The molecule has 0 atom stereocenters. The van der Waals surface area contributed by atoms with Crippen molar-refractivity contribution < 1.29 is 4.79 Å². The van der Waals surface area contributed by atoms with Crippen molar-refractivity contribution in [3.63, 3.8) is 0 Å². The van der Waals surface area contributed by atoms with Crippen LogP contribution in [0.1, 0.15) is 27.0 Å². The summed E-state index contributed by atoms with van der Waals surface area (Å²) in [6.45, 7) is 4.13. The van der Waals surface area contributed by atoms with Crippen molar-refractivity contribution in [2.24, 2.45) is 0 Å². The Kier molecular flexibility index (Phi) is 1.78. The van der Waals surface area contributed by atoms with E-state index in [1.807, 2.05) is 37.3 Å². The average molecular weight is 208 g/mol. The Morgan fingerprint density at radius 1 is 0.750 bits per heavy atom. The van der Waals surface area contributed by atoms with E-state index in [4.69, 9.17) is 0 Å². The summed E-state index contributed by atoms with van der Waals surface area (Å²) in [7, 11) is 0. The van der Waals surface area contributed by atoms with E-state index in [9.17, 15) is 4.79 Å². The van der Waals surface area contributed by atoms with Gasteiger partial charge in [0.2, 0.25) is 0 Å². The summed E-state index contributed by atoms with van der Waals surface area (Å²) in [4.78, 5) is 12.2. The second-order valence-electron chi connectivity index (χ2n) is 4.36. The second-order valence-corrected chi connectivity index (χ2v) is 4.36. The number of rotatable bonds is 0. The molecule has 0 heterocycles. The molecule has 0 aromatic heterocycles. The third-order valence-electron chi connectivity index (χ3n) is 3.34. The summed E-state index contributed by atoms with van der Waals surface area (Å²) >= 11 is 0. The lowest BCUT2D eigenvalue weighted by atomic mass is 10.00. The van der Waals surface area contributed by atoms with Crippen molar-refractivity contribution in [3.05, 3.63) is 58.7 Å². The lowest BCUT2D eigenvalue weighted by Crippen LogP contribution is -1.95. The Hall–Kier alpha value is -1.89. The minimum absolute atomic E-state index is 0.161. The number of aryl methyl sites for hydroxylation is 2. The van der Waals surface area contributed by atoms with Gasteiger partial charge in [-0.05, 0) is 42.2 Å². The Morgan fingerprint density at radius 3 is 2.00 bits per heavy atom. The van der Waals surface area contributed by atoms with Gasteiger partial charge in [0, 0.05) is 11.1 Å². The maximum atomic E-state index is 12.2. The molecular weight excluding hydrogens is 196 g/mol. The van der Waals surface area contributed by atoms with Crippen LogP contribution in [0, 0.1) is 13.8 Å². The summed E-state index contributed by atoms with van der Waals surface area (Å²) in [5.41, 5.74) is 6.27. The minimum atomic E-state index is 0.161. The summed E-state index contributed by atoms with van der Waals surface area (Å²) in [5, 5.41) is 0. The molecule has 1 nitrogen and oxygen atoms in total. The smallest absolute Gasteiger partial charge is 0.194 e. The van der Waals surface area contributed by atoms with Crippen LogP contribution in [0.4, 0.5) is 0 Å². The van der Waals surface area contributed by atoms with Crippen LogP contribution in [0.25, 0.3) is 11.1 Å². The fraction of sp³-hybridized carbons (Fsp3) is 0.133. The molecule has 1 aliphatic rings. The van der Waals surface area contributed by atoms with Crippen molar-refractivity contribution >= 4 is 5.78 Å². The zero-order valence-corrected chi connectivity index (χ0v) is 9.37. The predicted molar refractivity (Wildman–Crippen MR) is 64.8 cm³/mol. The van der Waals surface area contributed by atoms with Crippen LogP contribution < -0.4 is 0 Å². The number of hydrogen-bond acceptors (Lipinski definition) is 1. The van der Waals surface area contributed by atoms with Crippen LogP contribution in [0.2, 0.25) is 0 Å². The first-order valence-corrected chi connectivity index (χ1v) is 5.44. The normalized spacial score (nSPS) is 12.5. The Balaban J connectivity index is 2.38. The molecule has 1 aliphatic carbocycles. The first kappa shape index (κ1) is 9.34. The van der Waals surface area contributed by atoms with Crippen LogP contribution in [0.15, 0.2) is 36.4 Å². The third-order valence-corrected chi connectivity index (χ3v) is 3.34. The predicted octanol–water partition coefficient (Wildman–Crippen LogP) is 3.51. The van der Waals surface area contributed by atoms with Gasteiger partial charge < -0.3 is 0 Å². The molecule has 0 radical (unpaired) electrons. The van der Waals surface area contributed by atoms with Gasteiger partial charge in [-0.3, -0.25) is 4.79 Å². The van der Waals surface area contributed by atoms with Crippen LogP contribution in [-0.4, -0.2) is 5.78 Å². The summed E-state index contributed by atoms with van der Waals surface area (Å²) in [6, 6.07) is 12.0. The van der Waals surface area contributed by atoms with Gasteiger partial charge in [-0.2, -0.15) is 0 Å². The molecule has 0 saturated heterocycles. The van der Waals surface area contributed by atoms with Gasteiger partial charge in [-0.15, -0.1) is 0 Å². The molecule has 0 unspecified atom stereocenters. The maximum Gasteiger partial charge on any atom is 0.194 e. The largest absolute Gasteiger partial charge is 0.289 e. The van der Waals surface area contributed by atoms with Gasteiger partial charge in [0.25, 0.3) is 0 Å². The zero-order chi connectivity index (χ0) is 11.3. The summed E-state index contributed by atoms with van der Waals surface area (Å²) < 4.78 is 0. The number of carbonyl (C=O) groups excluding carboxylic acids is 1. The molecule has 3 rings (SSSR count). The number of hydrogen-bond donors (Lipinski definition) is 0. The molecular formula is C15H12O. The average Bonchev–Trinajstić information content (AvgIpc) is 2.55. The molecule has 0 aliphatic heterocycles. The number of ketones is 1. The van der Waals surface area contributed by atoms with Gasteiger partial charge in [0.1, 0.15) is 0 Å². The molecule has 78 valence electrons. The van der Waals surface area contributed by atoms with Gasteiger partial charge >= 0.3 is 0 Å². The monoisotopic (exact) mass is 208 g/mol. The second kappa shape index (κ2) is 3.05. The van der Waals surface area contributed by atoms with Crippen LogP contribution in [0.5, 0.6) is 0 Å². The standard InChI is InChI=1S/C15H12O/c1-9-7-13-11-5-3-4-6-12(11)15(16)14(13)8-10(9)2/h3-8H,1-2H3. The lowest BCUT2D eigenvalue weighted by molar-refractivity contribution is 0.104. The summed E-state index contributed by atoms with van der Waals surface area (Å²) in [5.74, 6) is 0.161. The van der Waals surface area contributed by atoms with Crippen molar-refractivity contribution in [1.29, 1.82) is 0 Å². The van der Waals surface area contributed by atoms with Crippen molar-refractivity contribution in [2.45, 2.75) is 13.8 Å². The Bertz CT molecular complexity index is 609. The van der Waals surface area contributed by atoms with E-state index in [2.05, 4.69) is 13.0 Å². The quantitative estimate of drug-likeness (QED) is 0.552. The van der Waals surface area contributed by atoms with E-state index < -0.39 is 0 Å². The minimum Gasteiger partial charge on any atom is -0.289 e. The first-order valence-electron chi connectivity index (χ1n) is 5.44. The van der Waals surface area contributed by atoms with Gasteiger partial charge in [0.15, 0.2) is 5.78 Å². The number of carbonyl (C=O) groups is 1. The van der Waals surface area contributed by atoms with Crippen LogP contribution in [-0.2, 0) is 0 Å². The van der Waals surface area contributed by atoms with Crippen LogP contribution in [0.3, 0.4) is 0 Å². The number of fused-ring (bicyclic) bond motifs is 3. The van der Waals surface area contributed by atoms with Crippen molar-refractivity contribution in [3.8, 4) is 11.1 Å². The molecule has 2 aromatic rings. The topological polar surface area (TPSA) is 17.1 Å². The molecule has 0 bridgehead atoms. The molecule has 16 heavy (non-hydrogen) atoms. The van der Waals surface area contributed by atoms with E-state index in [1.165, 1.54) is 11.1 Å². The molecule has 0 amide bonds. The first-order chi connectivity index (χ1) is 7.68. The van der Waals surface area contributed by atoms with E-state index >= 15 is 0 Å². The van der Waals surface area contributed by atoms with Crippen molar-refractivity contribution in [1.82, 2.24) is 0 Å². The van der Waals surface area contributed by atoms with Gasteiger partial charge in [0.05, 0.1) is 0 Å². The highest BCUT2D eigenvalue weighted by molar-refractivity contribution is 6.21. The highest BCUT2D eigenvalue weighted by Gasteiger charge is 2.26. The summed E-state index contributed by atoms with van der Waals surface area (Å²) in [6.07, 6.45) is 0. The lowest BCUT2D eigenvalue weighted by Gasteiger charge is -2.04. The Morgan fingerprint density at radius 2 is 1.31 bits per heavy atom. The molecule has 0 saturated carbocycles. The highest BCUT2D eigenvalue weighted by Crippen LogP contribution is 2.37. The van der Waals surface area contributed by atoms with E-state index in [0.29, 0.717) is 0 Å². The van der Waals surface area contributed by atoms with Crippen LogP contribution >= 0.6 is 0 Å². The zero-order valence-electron chi connectivity index (χ0n) is 9.37.